The molecule has 2 aromatic rings. The van der Waals surface area contributed by atoms with Gasteiger partial charge in [0, 0.05) is 75.1 Å². The van der Waals surface area contributed by atoms with Crippen molar-refractivity contribution < 1.29 is 9.72 Å². The van der Waals surface area contributed by atoms with Crippen LogP contribution in [0.1, 0.15) is 26.7 Å². The molecule has 1 aromatic heterocycles. The molecule has 1 aromatic carbocycles. The minimum absolute atomic E-state index is 0. The minimum atomic E-state index is -0.507. The number of nitro groups is 1. The van der Waals surface area contributed by atoms with Crippen LogP contribution >= 0.6 is 11.6 Å². The molecule has 0 unspecified atom stereocenters. The number of hydrogen-bond acceptors (Lipinski definition) is 7. The summed E-state index contributed by atoms with van der Waals surface area (Å²) in [5.41, 5.74) is 1.96. The predicted octanol–water partition coefficient (Wildman–Crippen LogP) is 3.89. The lowest BCUT2D eigenvalue weighted by Gasteiger charge is -2.37. The Morgan fingerprint density at radius 3 is 2.32 bits per heavy atom. The quantitative estimate of drug-likeness (QED) is 0.466. The second-order valence-electron chi connectivity index (χ2n) is 8.52. The van der Waals surface area contributed by atoms with Gasteiger partial charge in [0.15, 0.2) is 6.20 Å². The summed E-state index contributed by atoms with van der Waals surface area (Å²) in [6, 6.07) is 11.3. The van der Waals surface area contributed by atoms with Crippen LogP contribution in [-0.4, -0.2) is 77.5 Å². The molecule has 10 heteroatoms. The molecule has 2 aliphatic rings. The molecule has 1 amide bonds. The number of benzene rings is 1. The monoisotopic (exact) mass is 488 g/mol. The lowest BCUT2D eigenvalue weighted by atomic mass is 10.0. The van der Waals surface area contributed by atoms with Crippen molar-refractivity contribution >= 4 is 34.7 Å². The number of carbonyl (C=O) groups excluding carboxylic acids is 1. The highest BCUT2D eigenvalue weighted by atomic mass is 35.5. The number of pyridine rings is 1. The van der Waals surface area contributed by atoms with Crippen molar-refractivity contribution in [2.75, 3.05) is 56.0 Å². The van der Waals surface area contributed by atoms with E-state index in [1.165, 1.54) is 18.0 Å². The van der Waals surface area contributed by atoms with Gasteiger partial charge in [-0.1, -0.05) is 19.0 Å². The maximum absolute atomic E-state index is 12.7. The normalized spacial score (nSPS) is 17.2. The molecule has 2 fully saturated rings. The zero-order chi connectivity index (χ0) is 23.2. The zero-order valence-corrected chi connectivity index (χ0v) is 19.3. The summed E-state index contributed by atoms with van der Waals surface area (Å²) in [5, 5.41) is 14.8. The fourth-order valence-electron chi connectivity index (χ4n) is 4.38. The summed E-state index contributed by atoms with van der Waals surface area (Å²) in [6.07, 6.45) is 3.73. The average molecular weight is 489 g/mol. The van der Waals surface area contributed by atoms with E-state index >= 15 is 0 Å². The first kappa shape index (κ1) is 25.7. The van der Waals surface area contributed by atoms with Crippen LogP contribution in [0.25, 0.3) is 0 Å². The maximum Gasteiger partial charge on any atom is 0.363 e. The second-order valence-corrected chi connectivity index (χ2v) is 8.95. The number of nitrogens with zero attached hydrogens (tertiary/aromatic N) is 5. The fraction of sp³-hybridized carbons (Fsp3) is 0.500. The Balaban J connectivity index is 0.00000324. The highest BCUT2D eigenvalue weighted by Gasteiger charge is 2.24. The van der Waals surface area contributed by atoms with Crippen LogP contribution in [0.5, 0.6) is 0 Å². The van der Waals surface area contributed by atoms with E-state index in [-0.39, 0.29) is 25.2 Å². The summed E-state index contributed by atoms with van der Waals surface area (Å²) in [7, 11) is 0. The highest BCUT2D eigenvalue weighted by molar-refractivity contribution is 6.30. The van der Waals surface area contributed by atoms with Crippen LogP contribution < -0.4 is 10.2 Å². The number of rotatable bonds is 7. The van der Waals surface area contributed by atoms with Gasteiger partial charge >= 0.3 is 5.82 Å². The number of piperidine rings is 1. The van der Waals surface area contributed by atoms with Gasteiger partial charge in [0.05, 0.1) is 5.69 Å². The van der Waals surface area contributed by atoms with Gasteiger partial charge in [0.1, 0.15) is 0 Å². The van der Waals surface area contributed by atoms with Crippen LogP contribution in [0.4, 0.5) is 17.2 Å². The van der Waals surface area contributed by atoms with Gasteiger partial charge in [-0.25, -0.2) is 0 Å². The smallest absolute Gasteiger partial charge is 0.363 e. The first-order chi connectivity index (χ1) is 16.0. The summed E-state index contributed by atoms with van der Waals surface area (Å²) >= 11 is 5.98. The molecular formula is C24H33ClN6O3. The number of anilines is 2. The standard InChI is InChI=1S/C23H29ClN6O3.CH4/c24-18-1-4-21(5-2-18)28-15-13-27(14-16-28)10-9-23(31)29-11-7-19(8-12-29)26-20-3-6-22(25-17-20)30(32)33;/h1-6,17,19,26H,7-16H2;1H4. The number of likely N-dealkylation sites (tertiary alicyclic amines) is 1. The molecule has 3 heterocycles. The predicted molar refractivity (Wildman–Crippen MR) is 136 cm³/mol. The molecule has 4 rings (SSSR count). The van der Waals surface area contributed by atoms with E-state index in [4.69, 9.17) is 11.6 Å². The first-order valence-corrected chi connectivity index (χ1v) is 11.7. The van der Waals surface area contributed by atoms with Gasteiger partial charge in [0.25, 0.3) is 0 Å². The summed E-state index contributed by atoms with van der Waals surface area (Å²) in [4.78, 5) is 33.4. The molecule has 0 saturated carbocycles. The number of nitrogens with one attached hydrogen (secondary N) is 1. The van der Waals surface area contributed by atoms with Gasteiger partial charge in [-0.2, -0.15) is 0 Å². The minimum Gasteiger partial charge on any atom is -0.379 e. The molecule has 0 spiro atoms. The molecule has 0 aliphatic carbocycles. The summed E-state index contributed by atoms with van der Waals surface area (Å²) in [6.45, 7) is 6.04. The molecule has 0 radical (unpaired) electrons. The molecule has 2 aliphatic heterocycles. The van der Waals surface area contributed by atoms with Crippen LogP contribution in [0.3, 0.4) is 0 Å². The average Bonchev–Trinajstić information content (AvgIpc) is 2.84. The van der Waals surface area contributed by atoms with Crippen molar-refractivity contribution in [1.82, 2.24) is 14.8 Å². The van der Waals surface area contributed by atoms with E-state index in [2.05, 4.69) is 32.2 Å². The van der Waals surface area contributed by atoms with Crippen molar-refractivity contribution in [1.29, 1.82) is 0 Å². The molecule has 184 valence electrons. The zero-order valence-electron chi connectivity index (χ0n) is 18.5. The number of aromatic nitrogens is 1. The highest BCUT2D eigenvalue weighted by Crippen LogP contribution is 2.21. The van der Waals surface area contributed by atoms with Gasteiger partial charge in [-0.15, -0.1) is 0 Å². The van der Waals surface area contributed by atoms with Crippen molar-refractivity contribution in [2.45, 2.75) is 32.7 Å². The molecule has 0 bridgehead atoms. The second kappa shape index (κ2) is 12.0. The van der Waals surface area contributed by atoms with E-state index in [1.54, 1.807) is 6.07 Å². The van der Waals surface area contributed by atoms with Crippen LogP contribution in [0.2, 0.25) is 5.02 Å². The lowest BCUT2D eigenvalue weighted by Crippen LogP contribution is -2.48. The van der Waals surface area contributed by atoms with Crippen LogP contribution in [0, 0.1) is 10.1 Å². The number of hydrogen-bond donors (Lipinski definition) is 1. The van der Waals surface area contributed by atoms with Gasteiger partial charge < -0.3 is 25.2 Å². The van der Waals surface area contributed by atoms with E-state index in [0.717, 1.165) is 69.4 Å². The Bertz CT molecular complexity index is 940. The Morgan fingerprint density at radius 1 is 1.06 bits per heavy atom. The largest absolute Gasteiger partial charge is 0.379 e. The number of carbonyl (C=O) groups is 1. The van der Waals surface area contributed by atoms with E-state index in [0.29, 0.717) is 6.42 Å². The Hall–Kier alpha value is -2.91. The van der Waals surface area contributed by atoms with Crippen LogP contribution in [-0.2, 0) is 4.79 Å². The van der Waals surface area contributed by atoms with Crippen molar-refractivity contribution in [2.24, 2.45) is 0 Å². The van der Waals surface area contributed by atoms with Gasteiger partial charge in [-0.05, 0) is 53.1 Å². The van der Waals surface area contributed by atoms with Crippen LogP contribution in [0.15, 0.2) is 42.6 Å². The van der Waals surface area contributed by atoms with Crippen molar-refractivity contribution in [3.05, 3.63) is 57.7 Å². The third kappa shape index (κ3) is 6.80. The number of piperazine rings is 1. The third-order valence-electron chi connectivity index (χ3n) is 6.36. The molecule has 1 N–H and O–H groups in total. The number of halogens is 1. The molecule has 9 nitrogen and oxygen atoms in total. The van der Waals surface area contributed by atoms with Crippen molar-refractivity contribution in [3.8, 4) is 0 Å². The van der Waals surface area contributed by atoms with Crippen molar-refractivity contribution in [3.63, 3.8) is 0 Å². The Labute approximate surface area is 205 Å². The summed E-state index contributed by atoms with van der Waals surface area (Å²) in [5.74, 6) is 0.0537. The third-order valence-corrected chi connectivity index (χ3v) is 6.61. The molecule has 0 atom stereocenters. The number of amides is 1. The van der Waals surface area contributed by atoms with E-state index in [1.807, 2.05) is 17.0 Å². The molecule has 2 saturated heterocycles. The first-order valence-electron chi connectivity index (χ1n) is 11.4. The molecular weight excluding hydrogens is 456 g/mol. The SMILES string of the molecule is C.O=C(CCN1CCN(c2ccc(Cl)cc2)CC1)N1CCC(Nc2ccc([N+](=O)[O-])nc2)CC1. The topological polar surface area (TPSA) is 94.9 Å². The Kier molecular flexibility index (Phi) is 9.06. The van der Waals surface area contributed by atoms with E-state index < -0.39 is 4.92 Å². The van der Waals surface area contributed by atoms with E-state index in [9.17, 15) is 14.9 Å². The fourth-order valence-corrected chi connectivity index (χ4v) is 4.51. The van der Waals surface area contributed by atoms with Gasteiger partial charge in [0.2, 0.25) is 5.91 Å². The lowest BCUT2D eigenvalue weighted by molar-refractivity contribution is -0.389. The maximum atomic E-state index is 12.7. The summed E-state index contributed by atoms with van der Waals surface area (Å²) < 4.78 is 0. The van der Waals surface area contributed by atoms with Gasteiger partial charge in [-0.3, -0.25) is 9.69 Å². The molecule has 34 heavy (non-hydrogen) atoms. The Morgan fingerprint density at radius 2 is 1.74 bits per heavy atom.